The maximum Gasteiger partial charge on any atom is 0.320 e. The predicted molar refractivity (Wildman–Crippen MR) is 141 cm³/mol. The second-order valence-corrected chi connectivity index (χ2v) is 9.00. The first kappa shape index (κ1) is 34.3. The van der Waals surface area contributed by atoms with Gasteiger partial charge in [0.2, 0.25) is 0 Å². The molecule has 9 N–H and O–H groups in total. The van der Waals surface area contributed by atoms with E-state index in [1.165, 1.54) is 83.5 Å². The lowest BCUT2D eigenvalue weighted by Crippen LogP contribution is -2.34. The zero-order valence-electron chi connectivity index (χ0n) is 21.8. The standard InChI is InChI=1S/C19H39NO2.C6H14N4O2/c1-3-4-5-6-7-8-9-10-11-12-13-14-15-16-17-20-18(2)19(21)22;7-4(5(11)12)2-1-3-10-6(8)9/h18,20H,3-17H2,1-2H3,(H,21,22);4H,1-3,7H2,(H,11,12)(H4,8,9,10). The predicted octanol–water partition coefficient (Wildman–Crippen LogP) is 3.98. The summed E-state index contributed by atoms with van der Waals surface area (Å²) >= 11 is 0. The van der Waals surface area contributed by atoms with Crippen LogP contribution in [0, 0.1) is 0 Å². The third-order valence-electron chi connectivity index (χ3n) is 5.64. The normalized spacial score (nSPS) is 12.3. The molecule has 9 nitrogen and oxygen atoms in total. The lowest BCUT2D eigenvalue weighted by molar-refractivity contribution is -0.139. The summed E-state index contributed by atoms with van der Waals surface area (Å²) in [6.45, 7) is 5.22. The fourth-order valence-corrected chi connectivity index (χ4v) is 3.37. The number of nitrogens with zero attached hydrogens (tertiary/aromatic N) is 1. The molecule has 34 heavy (non-hydrogen) atoms. The number of aliphatic imine (C=N–C) groups is 1. The molecule has 0 amide bonds. The number of guanidine groups is 1. The Morgan fingerprint density at radius 2 is 1.21 bits per heavy atom. The van der Waals surface area contributed by atoms with Crippen molar-refractivity contribution in [2.75, 3.05) is 13.1 Å². The van der Waals surface area contributed by atoms with Crippen LogP contribution in [-0.4, -0.2) is 53.3 Å². The van der Waals surface area contributed by atoms with Crippen LogP contribution in [0.4, 0.5) is 0 Å². The van der Waals surface area contributed by atoms with Crippen LogP contribution < -0.4 is 22.5 Å². The summed E-state index contributed by atoms with van der Waals surface area (Å²) in [5, 5.41) is 20.1. The zero-order valence-corrected chi connectivity index (χ0v) is 21.8. The number of carboxylic acids is 2. The fourth-order valence-electron chi connectivity index (χ4n) is 3.37. The molecule has 0 saturated carbocycles. The molecule has 0 aromatic carbocycles. The maximum atomic E-state index is 10.6. The van der Waals surface area contributed by atoms with Crippen molar-refractivity contribution >= 4 is 17.9 Å². The van der Waals surface area contributed by atoms with Crippen molar-refractivity contribution < 1.29 is 19.8 Å². The first-order valence-electron chi connectivity index (χ1n) is 13.2. The summed E-state index contributed by atoms with van der Waals surface area (Å²) in [5.74, 6) is -1.75. The molecular weight excluding hydrogens is 434 g/mol. The van der Waals surface area contributed by atoms with Gasteiger partial charge in [-0.1, -0.05) is 90.4 Å². The van der Waals surface area contributed by atoms with E-state index >= 15 is 0 Å². The van der Waals surface area contributed by atoms with Gasteiger partial charge in [0.25, 0.3) is 0 Å². The van der Waals surface area contributed by atoms with Crippen LogP contribution in [0.2, 0.25) is 0 Å². The Kier molecular flexibility index (Phi) is 26.0. The average Bonchev–Trinajstić information content (AvgIpc) is 2.79. The van der Waals surface area contributed by atoms with Crippen molar-refractivity contribution in [1.29, 1.82) is 0 Å². The van der Waals surface area contributed by atoms with Crippen LogP contribution in [0.15, 0.2) is 4.99 Å². The number of carbonyl (C=O) groups is 2. The van der Waals surface area contributed by atoms with E-state index in [4.69, 9.17) is 27.4 Å². The number of aliphatic carboxylic acids is 2. The lowest BCUT2D eigenvalue weighted by Gasteiger charge is -2.08. The van der Waals surface area contributed by atoms with Crippen LogP contribution in [0.25, 0.3) is 0 Å². The highest BCUT2D eigenvalue weighted by Crippen LogP contribution is 2.12. The number of unbranched alkanes of at least 4 members (excludes halogenated alkanes) is 13. The average molecular weight is 488 g/mol. The van der Waals surface area contributed by atoms with Crippen molar-refractivity contribution in [1.82, 2.24) is 5.32 Å². The Morgan fingerprint density at radius 3 is 1.59 bits per heavy atom. The molecule has 0 saturated heterocycles. The zero-order chi connectivity index (χ0) is 26.0. The molecule has 0 spiro atoms. The summed E-state index contributed by atoms with van der Waals surface area (Å²) in [6.07, 6.45) is 20.0. The van der Waals surface area contributed by atoms with Crippen LogP contribution >= 0.6 is 0 Å². The molecule has 9 heteroatoms. The van der Waals surface area contributed by atoms with Gasteiger partial charge in [-0.15, -0.1) is 0 Å². The number of nitrogens with one attached hydrogen (secondary N) is 1. The van der Waals surface area contributed by atoms with Crippen LogP contribution in [0.1, 0.15) is 117 Å². The number of carboxylic acid groups (broad SMARTS) is 2. The summed E-state index contributed by atoms with van der Waals surface area (Å²) in [5.41, 5.74) is 15.3. The Morgan fingerprint density at radius 1 is 0.765 bits per heavy atom. The first-order valence-corrected chi connectivity index (χ1v) is 13.2. The third kappa shape index (κ3) is 28.2. The molecule has 0 radical (unpaired) electrons. The Hall–Kier alpha value is -1.87. The molecule has 202 valence electrons. The molecule has 0 aromatic rings. The number of rotatable bonds is 22. The van der Waals surface area contributed by atoms with Crippen molar-refractivity contribution in [2.24, 2.45) is 22.2 Å². The molecule has 0 bridgehead atoms. The fraction of sp³-hybridized carbons (Fsp3) is 0.880. The molecule has 0 heterocycles. The van der Waals surface area contributed by atoms with E-state index in [9.17, 15) is 9.59 Å². The summed E-state index contributed by atoms with van der Waals surface area (Å²) < 4.78 is 0. The second-order valence-electron chi connectivity index (χ2n) is 9.00. The quantitative estimate of drug-likeness (QED) is 0.0754. The third-order valence-corrected chi connectivity index (χ3v) is 5.64. The van der Waals surface area contributed by atoms with Crippen molar-refractivity contribution in [3.63, 3.8) is 0 Å². The Labute approximate surface area is 207 Å². The largest absolute Gasteiger partial charge is 0.480 e. The van der Waals surface area contributed by atoms with E-state index in [0.29, 0.717) is 19.4 Å². The number of hydrogen-bond acceptors (Lipinski definition) is 5. The van der Waals surface area contributed by atoms with Crippen molar-refractivity contribution in [2.45, 2.75) is 129 Å². The summed E-state index contributed by atoms with van der Waals surface area (Å²) in [7, 11) is 0. The summed E-state index contributed by atoms with van der Waals surface area (Å²) in [4.78, 5) is 24.5. The van der Waals surface area contributed by atoms with Crippen LogP contribution in [-0.2, 0) is 9.59 Å². The van der Waals surface area contributed by atoms with E-state index in [2.05, 4.69) is 17.2 Å². The molecule has 0 aliphatic heterocycles. The van der Waals surface area contributed by atoms with Gasteiger partial charge in [-0.25, -0.2) is 0 Å². The Balaban J connectivity index is 0. The van der Waals surface area contributed by atoms with Gasteiger partial charge in [-0.3, -0.25) is 14.6 Å². The van der Waals surface area contributed by atoms with Gasteiger partial charge < -0.3 is 32.7 Å². The highest BCUT2D eigenvalue weighted by Gasteiger charge is 2.09. The van der Waals surface area contributed by atoms with Gasteiger partial charge in [0.1, 0.15) is 12.1 Å². The molecule has 2 unspecified atom stereocenters. The van der Waals surface area contributed by atoms with Gasteiger partial charge in [-0.2, -0.15) is 0 Å². The lowest BCUT2D eigenvalue weighted by atomic mass is 10.0. The molecule has 0 rings (SSSR count). The molecule has 0 aliphatic rings. The Bertz CT molecular complexity index is 514. The van der Waals surface area contributed by atoms with Crippen molar-refractivity contribution in [3.8, 4) is 0 Å². The van der Waals surface area contributed by atoms with Crippen molar-refractivity contribution in [3.05, 3.63) is 0 Å². The highest BCUT2D eigenvalue weighted by atomic mass is 16.4. The summed E-state index contributed by atoms with van der Waals surface area (Å²) in [6, 6.07) is -1.24. The molecular formula is C25H53N5O4. The monoisotopic (exact) mass is 487 g/mol. The van der Waals surface area contributed by atoms with E-state index in [0.717, 1.165) is 13.0 Å². The van der Waals surface area contributed by atoms with E-state index in [1.807, 2.05) is 0 Å². The minimum Gasteiger partial charge on any atom is -0.480 e. The van der Waals surface area contributed by atoms with Gasteiger partial charge in [-0.05, 0) is 32.7 Å². The van der Waals surface area contributed by atoms with Gasteiger partial charge in [0.15, 0.2) is 5.96 Å². The van der Waals surface area contributed by atoms with Gasteiger partial charge >= 0.3 is 11.9 Å². The highest BCUT2D eigenvalue weighted by molar-refractivity contribution is 5.75. The second kappa shape index (κ2) is 25.7. The maximum absolute atomic E-state index is 10.6. The molecule has 0 aromatic heterocycles. The van der Waals surface area contributed by atoms with Crippen LogP contribution in [0.3, 0.4) is 0 Å². The SMILES string of the molecule is CCCCCCCCCCCCCCCCNC(C)C(=O)O.NC(N)=NCCCC(N)C(=O)O. The van der Waals surface area contributed by atoms with E-state index in [1.54, 1.807) is 6.92 Å². The molecule has 2 atom stereocenters. The smallest absolute Gasteiger partial charge is 0.320 e. The number of hydrogen-bond donors (Lipinski definition) is 6. The van der Waals surface area contributed by atoms with E-state index in [-0.39, 0.29) is 5.96 Å². The number of nitrogens with two attached hydrogens (primary N) is 3. The minimum atomic E-state index is -1.00. The molecule has 0 fully saturated rings. The topological polar surface area (TPSA) is 177 Å². The van der Waals surface area contributed by atoms with Gasteiger partial charge in [0, 0.05) is 6.54 Å². The van der Waals surface area contributed by atoms with Gasteiger partial charge in [0.05, 0.1) is 0 Å². The molecule has 0 aliphatic carbocycles. The minimum absolute atomic E-state index is 0.0129. The first-order chi connectivity index (χ1) is 16.2. The van der Waals surface area contributed by atoms with Crippen LogP contribution in [0.5, 0.6) is 0 Å². The van der Waals surface area contributed by atoms with E-state index < -0.39 is 24.0 Å².